The fraction of sp³-hybridized carbons (Fsp3) is 0.393. The van der Waals surface area contributed by atoms with Crippen molar-refractivity contribution in [1.82, 2.24) is 14.9 Å². The van der Waals surface area contributed by atoms with Gasteiger partial charge in [0.15, 0.2) is 6.19 Å². The highest BCUT2D eigenvalue weighted by atomic mass is 32.2. The first-order valence-corrected chi connectivity index (χ1v) is 15.9. The smallest absolute Gasteiger partial charge is 0.326 e. The van der Waals surface area contributed by atoms with Crippen molar-refractivity contribution >= 4 is 51.2 Å². The third kappa shape index (κ3) is 9.18. The predicted molar refractivity (Wildman–Crippen MR) is 163 cm³/mol. The van der Waals surface area contributed by atoms with Crippen molar-refractivity contribution < 1.29 is 27.9 Å². The van der Waals surface area contributed by atoms with Crippen LogP contribution in [0.25, 0.3) is 0 Å². The number of hydrogen-bond acceptors (Lipinski definition) is 8. The van der Waals surface area contributed by atoms with Crippen molar-refractivity contribution in [2.45, 2.75) is 61.3 Å². The molecule has 0 saturated carbocycles. The Kier molecular flexibility index (Phi) is 11.5. The average Bonchev–Trinajstić information content (AvgIpc) is 3.29. The SMILES string of the molecule is CC1(C)SCN(S(=O)(=O)c2ccccc2)[C@@H]1C(=O)N[C@@H](Cc1ccc(NC(=O)CCCCN=C(N)NC#N)cc1)C(=O)O. The van der Waals surface area contributed by atoms with Gasteiger partial charge in [0.2, 0.25) is 27.8 Å². The number of carboxylic acids is 1. The molecule has 2 aromatic rings. The highest BCUT2D eigenvalue weighted by molar-refractivity contribution is 8.02. The predicted octanol–water partition coefficient (Wildman–Crippen LogP) is 1.84. The summed E-state index contributed by atoms with van der Waals surface area (Å²) in [6, 6.07) is 11.9. The molecule has 2 amide bonds. The minimum atomic E-state index is -4.00. The van der Waals surface area contributed by atoms with E-state index in [4.69, 9.17) is 11.0 Å². The second kappa shape index (κ2) is 14.9. The molecule has 1 fully saturated rings. The number of hydrogen-bond donors (Lipinski definition) is 5. The zero-order valence-corrected chi connectivity index (χ0v) is 25.5. The van der Waals surface area contributed by atoms with E-state index in [0.717, 1.165) is 4.31 Å². The number of sulfonamides is 1. The van der Waals surface area contributed by atoms with Gasteiger partial charge in [-0.05, 0) is 56.5 Å². The largest absolute Gasteiger partial charge is 0.480 e. The van der Waals surface area contributed by atoms with Gasteiger partial charge in [0.1, 0.15) is 12.1 Å². The number of carbonyl (C=O) groups excluding carboxylic acids is 2. The van der Waals surface area contributed by atoms with Crippen molar-refractivity contribution in [2.75, 3.05) is 17.7 Å². The number of benzene rings is 2. The summed E-state index contributed by atoms with van der Waals surface area (Å²) in [4.78, 5) is 41.8. The summed E-state index contributed by atoms with van der Waals surface area (Å²) in [5, 5.41) is 25.9. The first kappa shape index (κ1) is 33.4. The second-order valence-corrected chi connectivity index (χ2v) is 13.8. The summed E-state index contributed by atoms with van der Waals surface area (Å²) in [7, 11) is -4.00. The van der Waals surface area contributed by atoms with E-state index < -0.39 is 38.7 Å². The Labute approximate surface area is 255 Å². The van der Waals surface area contributed by atoms with Crippen LogP contribution < -0.4 is 21.7 Å². The number of nitriles is 1. The summed E-state index contributed by atoms with van der Waals surface area (Å²) in [5.74, 6) is -2.09. The van der Waals surface area contributed by atoms with Crippen LogP contribution in [0.2, 0.25) is 0 Å². The van der Waals surface area contributed by atoms with Crippen molar-refractivity contribution in [1.29, 1.82) is 5.26 Å². The van der Waals surface area contributed by atoms with E-state index in [1.165, 1.54) is 23.9 Å². The Balaban J connectivity index is 1.60. The van der Waals surface area contributed by atoms with Gasteiger partial charge in [0.05, 0.1) is 10.8 Å². The molecule has 230 valence electrons. The zero-order chi connectivity index (χ0) is 31.6. The Morgan fingerprint density at radius 3 is 2.47 bits per heavy atom. The van der Waals surface area contributed by atoms with Crippen molar-refractivity contribution in [3.8, 4) is 6.19 Å². The topological polar surface area (TPSA) is 207 Å². The Morgan fingerprint density at radius 2 is 1.84 bits per heavy atom. The van der Waals surface area contributed by atoms with Crippen molar-refractivity contribution in [2.24, 2.45) is 10.7 Å². The number of aliphatic imine (C=N–C) groups is 1. The van der Waals surface area contributed by atoms with Crippen LogP contribution in [-0.2, 0) is 30.8 Å². The molecule has 0 radical (unpaired) electrons. The van der Waals surface area contributed by atoms with Crippen LogP contribution in [0.15, 0.2) is 64.5 Å². The maximum atomic E-state index is 13.4. The lowest BCUT2D eigenvalue weighted by atomic mass is 10.0. The van der Waals surface area contributed by atoms with Crippen LogP contribution >= 0.6 is 11.8 Å². The molecular weight excluding hydrogens is 594 g/mol. The Hall–Kier alpha value is -4.13. The van der Waals surface area contributed by atoms with Gasteiger partial charge >= 0.3 is 5.97 Å². The van der Waals surface area contributed by atoms with E-state index in [1.54, 1.807) is 62.5 Å². The maximum Gasteiger partial charge on any atom is 0.326 e. The van der Waals surface area contributed by atoms with E-state index in [0.29, 0.717) is 30.6 Å². The molecule has 0 spiro atoms. The lowest BCUT2D eigenvalue weighted by molar-refractivity contribution is -0.142. The van der Waals surface area contributed by atoms with Crippen LogP contribution in [0.4, 0.5) is 5.69 Å². The fourth-order valence-electron chi connectivity index (χ4n) is 4.44. The summed E-state index contributed by atoms with van der Waals surface area (Å²) >= 11 is 1.30. The summed E-state index contributed by atoms with van der Waals surface area (Å²) in [6.45, 7) is 3.88. The highest BCUT2D eigenvalue weighted by Gasteiger charge is 2.51. The molecule has 0 bridgehead atoms. The molecule has 43 heavy (non-hydrogen) atoms. The number of thioether (sulfide) groups is 1. The Morgan fingerprint density at radius 1 is 1.16 bits per heavy atom. The van der Waals surface area contributed by atoms with Gasteiger partial charge in [-0.2, -0.15) is 9.57 Å². The van der Waals surface area contributed by atoms with Gasteiger partial charge in [-0.3, -0.25) is 19.9 Å². The number of carbonyl (C=O) groups is 3. The molecule has 1 aliphatic rings. The minimum absolute atomic E-state index is 0.0242. The van der Waals surface area contributed by atoms with Crippen molar-refractivity contribution in [3.05, 3.63) is 60.2 Å². The van der Waals surface area contributed by atoms with Crippen LogP contribution in [0.3, 0.4) is 0 Å². The molecule has 13 nitrogen and oxygen atoms in total. The molecule has 1 heterocycles. The van der Waals surface area contributed by atoms with Crippen LogP contribution in [0.5, 0.6) is 0 Å². The molecule has 1 aliphatic heterocycles. The van der Waals surface area contributed by atoms with E-state index in [-0.39, 0.29) is 35.5 Å². The zero-order valence-electron chi connectivity index (χ0n) is 23.8. The third-order valence-corrected chi connectivity index (χ3v) is 10.0. The number of aliphatic carboxylic acids is 1. The number of nitrogens with zero attached hydrogens (tertiary/aromatic N) is 3. The number of carboxylic acid groups (broad SMARTS) is 1. The highest BCUT2D eigenvalue weighted by Crippen LogP contribution is 2.42. The lowest BCUT2D eigenvalue weighted by Gasteiger charge is -2.31. The molecule has 1 saturated heterocycles. The summed E-state index contributed by atoms with van der Waals surface area (Å²) in [6.07, 6.45) is 3.04. The number of anilines is 1. The number of amides is 2. The van der Waals surface area contributed by atoms with Gasteiger partial charge in [-0.15, -0.1) is 11.8 Å². The number of rotatable bonds is 13. The molecule has 0 aromatic heterocycles. The molecule has 0 aliphatic carbocycles. The van der Waals surface area contributed by atoms with Crippen molar-refractivity contribution in [3.63, 3.8) is 0 Å². The summed E-state index contributed by atoms with van der Waals surface area (Å²) in [5.41, 5.74) is 6.57. The van der Waals surface area contributed by atoms with Gasteiger partial charge < -0.3 is 21.5 Å². The minimum Gasteiger partial charge on any atom is -0.480 e. The van der Waals surface area contributed by atoms with Crippen LogP contribution in [0, 0.1) is 11.5 Å². The van der Waals surface area contributed by atoms with E-state index in [2.05, 4.69) is 20.9 Å². The van der Waals surface area contributed by atoms with E-state index in [9.17, 15) is 27.9 Å². The molecule has 3 rings (SSSR count). The van der Waals surface area contributed by atoms with Gasteiger partial charge in [0.25, 0.3) is 0 Å². The van der Waals surface area contributed by atoms with Gasteiger partial charge in [-0.25, -0.2) is 13.2 Å². The standard InChI is InChI=1S/C28H35N7O6S2/c1-28(2)24(35(18-42-28)43(40,41)21-8-4-3-5-9-21)25(37)34-22(26(38)39)16-19-11-13-20(14-12-19)33-23(36)10-6-7-15-31-27(30)32-17-29/h3-5,8-9,11-14,22,24H,6-7,10,15-16,18H2,1-2H3,(H,33,36)(H,34,37)(H,38,39)(H3,30,31,32)/t22-,24+/m0/s1. The first-order chi connectivity index (χ1) is 20.3. The number of unbranched alkanes of at least 4 members (excludes halogenated alkanes) is 1. The van der Waals surface area contributed by atoms with E-state index >= 15 is 0 Å². The summed E-state index contributed by atoms with van der Waals surface area (Å²) < 4.78 is 27.0. The third-order valence-electron chi connectivity index (χ3n) is 6.68. The van der Waals surface area contributed by atoms with Crippen LogP contribution in [-0.4, -0.2) is 70.8 Å². The van der Waals surface area contributed by atoms with Gasteiger partial charge in [0, 0.05) is 29.8 Å². The average molecular weight is 630 g/mol. The van der Waals surface area contributed by atoms with E-state index in [1.807, 2.05) is 0 Å². The molecule has 2 atom stereocenters. The molecule has 0 unspecified atom stereocenters. The number of nitrogens with two attached hydrogens (primary N) is 1. The second-order valence-electron chi connectivity index (χ2n) is 10.3. The number of guanidine groups is 1. The fourth-order valence-corrected chi connectivity index (χ4v) is 7.63. The monoisotopic (exact) mass is 629 g/mol. The molecule has 2 aromatic carbocycles. The Bertz CT molecular complexity index is 1480. The molecular formula is C28H35N7O6S2. The maximum absolute atomic E-state index is 13.4. The van der Waals surface area contributed by atoms with Gasteiger partial charge in [-0.1, -0.05) is 30.3 Å². The lowest BCUT2D eigenvalue weighted by Crippen LogP contribution is -2.56. The van der Waals surface area contributed by atoms with Crippen LogP contribution in [0.1, 0.15) is 38.7 Å². The molecule has 15 heteroatoms. The molecule has 6 N–H and O–H groups in total. The number of nitrogens with one attached hydrogen (secondary N) is 3. The first-order valence-electron chi connectivity index (χ1n) is 13.4. The quantitative estimate of drug-likeness (QED) is 0.0714. The normalized spacial score (nSPS) is 17.4.